The van der Waals surface area contributed by atoms with Crippen LogP contribution in [0.2, 0.25) is 0 Å². The molecule has 0 spiro atoms. The monoisotopic (exact) mass is 728 g/mol. The molecule has 0 bridgehead atoms. The summed E-state index contributed by atoms with van der Waals surface area (Å²) in [5.74, 6) is 0. The molecule has 3 nitrogen and oxygen atoms in total. The molecule has 0 saturated heterocycles. The standard InChI is InChI=1S/C54H36N2O/c1-4-17-37(18-5-1)39-21-14-24-41(35-39)55(49-30-16-32-52-54(49)47-27-12-13-31-51(47)57-52)42-33-34-46-50(36-42)56(40-22-8-3-9-23-40)48-29-15-28-45(53(46)48)44-26-11-10-25-43(44)38-19-6-2-7-20-38/h1-36H. The van der Waals surface area contributed by atoms with Crippen molar-refractivity contribution in [3.63, 3.8) is 0 Å². The molecule has 3 heteroatoms. The van der Waals surface area contributed by atoms with Crippen molar-refractivity contribution in [2.45, 2.75) is 0 Å². The Labute approximate surface area is 330 Å². The SMILES string of the molecule is c1ccc(-c2cccc(N(c3ccc4c5c(-c6ccccc6-c6ccccc6)cccc5n(-c5ccccc5)c4c3)c3cccc4oc5ccccc5c34)c2)cc1. The normalized spacial score (nSPS) is 11.5. The molecule has 2 heterocycles. The Bertz CT molecular complexity index is 3230. The van der Waals surface area contributed by atoms with E-state index in [0.29, 0.717) is 0 Å². The maximum Gasteiger partial charge on any atom is 0.137 e. The van der Waals surface area contributed by atoms with Crippen LogP contribution in [0.4, 0.5) is 17.1 Å². The van der Waals surface area contributed by atoms with E-state index in [-0.39, 0.29) is 0 Å². The summed E-state index contributed by atoms with van der Waals surface area (Å²) >= 11 is 0. The van der Waals surface area contributed by atoms with Crippen LogP contribution >= 0.6 is 0 Å². The Hall–Kier alpha value is -7.62. The number of nitrogens with zero attached hydrogens (tertiary/aromatic N) is 2. The first-order valence-electron chi connectivity index (χ1n) is 19.4. The number of rotatable bonds is 7. The Morgan fingerprint density at radius 3 is 1.79 bits per heavy atom. The fourth-order valence-electron chi connectivity index (χ4n) is 8.69. The summed E-state index contributed by atoms with van der Waals surface area (Å²) in [6, 6.07) is 78.1. The fraction of sp³-hybridized carbons (Fsp3) is 0. The van der Waals surface area contributed by atoms with Crippen LogP contribution in [0.25, 0.3) is 82.8 Å². The Kier molecular flexibility index (Phi) is 7.82. The molecule has 0 saturated carbocycles. The highest BCUT2D eigenvalue weighted by atomic mass is 16.3. The molecule has 0 aliphatic carbocycles. The quantitative estimate of drug-likeness (QED) is 0.163. The van der Waals surface area contributed by atoms with Gasteiger partial charge in [-0.3, -0.25) is 0 Å². The number of para-hydroxylation sites is 2. The van der Waals surface area contributed by atoms with Gasteiger partial charge in [0.2, 0.25) is 0 Å². The van der Waals surface area contributed by atoms with E-state index in [4.69, 9.17) is 4.42 Å². The van der Waals surface area contributed by atoms with E-state index in [0.717, 1.165) is 61.3 Å². The largest absolute Gasteiger partial charge is 0.456 e. The summed E-state index contributed by atoms with van der Waals surface area (Å²) in [7, 11) is 0. The highest BCUT2D eigenvalue weighted by Gasteiger charge is 2.23. The second-order valence-corrected chi connectivity index (χ2v) is 14.5. The lowest BCUT2D eigenvalue weighted by molar-refractivity contribution is 0.669. The number of hydrogen-bond donors (Lipinski definition) is 0. The second kappa shape index (κ2) is 13.6. The molecule has 0 amide bonds. The van der Waals surface area contributed by atoms with Gasteiger partial charge in [-0.1, -0.05) is 158 Å². The maximum atomic E-state index is 6.46. The molecule has 57 heavy (non-hydrogen) atoms. The van der Waals surface area contributed by atoms with Gasteiger partial charge in [-0.05, 0) is 94.0 Å². The van der Waals surface area contributed by atoms with Crippen molar-refractivity contribution in [3.8, 4) is 39.1 Å². The van der Waals surface area contributed by atoms with Gasteiger partial charge in [-0.2, -0.15) is 0 Å². The van der Waals surface area contributed by atoms with E-state index in [2.05, 4.69) is 222 Å². The summed E-state index contributed by atoms with van der Waals surface area (Å²) in [5.41, 5.74) is 15.5. The number of fused-ring (bicyclic) bond motifs is 6. The molecule has 11 rings (SSSR count). The molecule has 0 aliphatic rings. The molecule has 0 radical (unpaired) electrons. The molecular weight excluding hydrogens is 693 g/mol. The zero-order valence-electron chi connectivity index (χ0n) is 31.1. The van der Waals surface area contributed by atoms with Crippen molar-refractivity contribution in [1.29, 1.82) is 0 Å². The summed E-state index contributed by atoms with van der Waals surface area (Å²) in [5, 5.41) is 4.60. The number of benzene rings is 9. The zero-order valence-corrected chi connectivity index (χ0v) is 31.1. The van der Waals surface area contributed by atoms with Crippen LogP contribution in [0.15, 0.2) is 223 Å². The van der Waals surface area contributed by atoms with Crippen molar-refractivity contribution in [2.24, 2.45) is 0 Å². The van der Waals surface area contributed by atoms with Gasteiger partial charge < -0.3 is 13.9 Å². The van der Waals surface area contributed by atoms with Crippen LogP contribution in [-0.2, 0) is 0 Å². The Morgan fingerprint density at radius 2 is 0.965 bits per heavy atom. The van der Waals surface area contributed by atoms with Crippen LogP contribution in [0.5, 0.6) is 0 Å². The van der Waals surface area contributed by atoms with Crippen LogP contribution < -0.4 is 4.90 Å². The molecule has 9 aromatic carbocycles. The van der Waals surface area contributed by atoms with Crippen molar-refractivity contribution >= 4 is 60.8 Å². The first-order valence-corrected chi connectivity index (χ1v) is 19.4. The molecule has 2 aromatic heterocycles. The summed E-state index contributed by atoms with van der Waals surface area (Å²) in [6.07, 6.45) is 0. The van der Waals surface area contributed by atoms with Gasteiger partial charge in [0.05, 0.1) is 22.1 Å². The van der Waals surface area contributed by atoms with E-state index in [1.165, 1.54) is 38.6 Å². The van der Waals surface area contributed by atoms with Gasteiger partial charge in [-0.15, -0.1) is 0 Å². The molecule has 0 fully saturated rings. The van der Waals surface area contributed by atoms with Gasteiger partial charge in [0.25, 0.3) is 0 Å². The van der Waals surface area contributed by atoms with Gasteiger partial charge in [0.1, 0.15) is 11.2 Å². The predicted octanol–water partition coefficient (Wildman–Crippen LogP) is 15.2. The zero-order chi connectivity index (χ0) is 37.7. The predicted molar refractivity (Wildman–Crippen MR) is 239 cm³/mol. The molecule has 268 valence electrons. The van der Waals surface area contributed by atoms with Gasteiger partial charge >= 0.3 is 0 Å². The summed E-state index contributed by atoms with van der Waals surface area (Å²) < 4.78 is 8.89. The van der Waals surface area contributed by atoms with Crippen LogP contribution in [0, 0.1) is 0 Å². The lowest BCUT2D eigenvalue weighted by atomic mass is 9.92. The van der Waals surface area contributed by atoms with Gasteiger partial charge in [0, 0.05) is 33.2 Å². The van der Waals surface area contributed by atoms with Gasteiger partial charge in [0.15, 0.2) is 0 Å². The van der Waals surface area contributed by atoms with Crippen LogP contribution in [0.3, 0.4) is 0 Å². The van der Waals surface area contributed by atoms with Crippen LogP contribution in [0.1, 0.15) is 0 Å². The second-order valence-electron chi connectivity index (χ2n) is 14.5. The smallest absolute Gasteiger partial charge is 0.137 e. The van der Waals surface area contributed by atoms with E-state index in [1.807, 2.05) is 6.07 Å². The average molecular weight is 729 g/mol. The topological polar surface area (TPSA) is 21.3 Å². The molecule has 0 unspecified atom stereocenters. The number of aromatic nitrogens is 1. The minimum atomic E-state index is 0.860. The molecule has 0 aliphatic heterocycles. The molecule has 11 aromatic rings. The van der Waals surface area contributed by atoms with E-state index in [1.54, 1.807) is 0 Å². The van der Waals surface area contributed by atoms with Crippen molar-refractivity contribution in [3.05, 3.63) is 218 Å². The van der Waals surface area contributed by atoms with E-state index >= 15 is 0 Å². The van der Waals surface area contributed by atoms with E-state index in [9.17, 15) is 0 Å². The lowest BCUT2D eigenvalue weighted by Gasteiger charge is -2.27. The third kappa shape index (κ3) is 5.51. The summed E-state index contributed by atoms with van der Waals surface area (Å²) in [4.78, 5) is 2.40. The number of hydrogen-bond acceptors (Lipinski definition) is 2. The maximum absolute atomic E-state index is 6.46. The molecular formula is C54H36N2O. The Morgan fingerprint density at radius 1 is 0.351 bits per heavy atom. The lowest BCUT2D eigenvalue weighted by Crippen LogP contribution is -2.10. The third-order valence-electron chi connectivity index (χ3n) is 11.2. The fourth-order valence-corrected chi connectivity index (χ4v) is 8.69. The van der Waals surface area contributed by atoms with Gasteiger partial charge in [-0.25, -0.2) is 0 Å². The highest BCUT2D eigenvalue weighted by Crippen LogP contribution is 2.47. The minimum Gasteiger partial charge on any atom is -0.456 e. The number of furan rings is 1. The number of anilines is 3. The molecule has 0 N–H and O–H groups in total. The Balaban J connectivity index is 1.20. The first-order chi connectivity index (χ1) is 28.3. The van der Waals surface area contributed by atoms with Crippen LogP contribution in [-0.4, -0.2) is 4.57 Å². The average Bonchev–Trinajstić information content (AvgIpc) is 3.84. The van der Waals surface area contributed by atoms with E-state index < -0.39 is 0 Å². The van der Waals surface area contributed by atoms with Crippen molar-refractivity contribution in [1.82, 2.24) is 4.57 Å². The first kappa shape index (κ1) is 32.8. The summed E-state index contributed by atoms with van der Waals surface area (Å²) in [6.45, 7) is 0. The highest BCUT2D eigenvalue weighted by molar-refractivity contribution is 6.18. The third-order valence-corrected chi connectivity index (χ3v) is 11.2. The van der Waals surface area contributed by atoms with Crippen molar-refractivity contribution < 1.29 is 4.42 Å². The molecule has 0 atom stereocenters. The minimum absolute atomic E-state index is 0.860. The van der Waals surface area contributed by atoms with Crippen molar-refractivity contribution in [2.75, 3.05) is 4.90 Å².